The summed E-state index contributed by atoms with van der Waals surface area (Å²) in [7, 11) is 0. The molecule has 0 radical (unpaired) electrons. The van der Waals surface area contributed by atoms with Crippen molar-refractivity contribution in [3.05, 3.63) is 12.7 Å². The molecule has 124 valence electrons. The third-order valence-corrected chi connectivity index (χ3v) is 5.54. The van der Waals surface area contributed by atoms with Crippen molar-refractivity contribution in [2.24, 2.45) is 17.8 Å². The Morgan fingerprint density at radius 1 is 1.55 bits per heavy atom. The fourth-order valence-corrected chi connectivity index (χ4v) is 4.09. The van der Waals surface area contributed by atoms with Gasteiger partial charge in [0.2, 0.25) is 0 Å². The first-order valence-electron chi connectivity index (χ1n) is 8.32. The van der Waals surface area contributed by atoms with Gasteiger partial charge in [0.25, 0.3) is 0 Å². The van der Waals surface area contributed by atoms with E-state index in [1.807, 2.05) is 26.8 Å². The Morgan fingerprint density at radius 2 is 2.23 bits per heavy atom. The highest BCUT2D eigenvalue weighted by Gasteiger charge is 2.66. The van der Waals surface area contributed by atoms with Gasteiger partial charge in [-0.15, -0.1) is 6.58 Å². The Hall–Kier alpha value is -1.16. The number of fused-ring (bicyclic) bond motifs is 2. The lowest BCUT2D eigenvalue weighted by atomic mass is 9.75. The largest absolute Gasteiger partial charge is 0.466 e. The molecule has 4 heteroatoms. The molecule has 22 heavy (non-hydrogen) atoms. The first-order chi connectivity index (χ1) is 10.3. The fourth-order valence-electron chi connectivity index (χ4n) is 4.09. The molecule has 0 N–H and O–H groups in total. The summed E-state index contributed by atoms with van der Waals surface area (Å²) in [5, 5.41) is 0. The second kappa shape index (κ2) is 6.15. The van der Waals surface area contributed by atoms with Crippen molar-refractivity contribution in [3.8, 4) is 0 Å². The summed E-state index contributed by atoms with van der Waals surface area (Å²) in [4.78, 5) is 25.2. The van der Waals surface area contributed by atoms with Gasteiger partial charge in [-0.2, -0.15) is 0 Å². The average molecular weight is 308 g/mol. The molecule has 4 nitrogen and oxygen atoms in total. The van der Waals surface area contributed by atoms with Gasteiger partial charge >= 0.3 is 5.97 Å². The third-order valence-electron chi connectivity index (χ3n) is 5.54. The second-order valence-corrected chi connectivity index (χ2v) is 7.03. The Morgan fingerprint density at radius 3 is 2.77 bits per heavy atom. The van der Waals surface area contributed by atoms with Crippen molar-refractivity contribution in [2.45, 2.75) is 64.6 Å². The summed E-state index contributed by atoms with van der Waals surface area (Å²) >= 11 is 0. The number of Topliss-reactive ketones (excluding diaryl/α,β-unsaturated/α-hetero) is 1. The smallest absolute Gasteiger partial charge is 0.311 e. The maximum Gasteiger partial charge on any atom is 0.311 e. The first-order valence-corrected chi connectivity index (χ1v) is 8.32. The van der Waals surface area contributed by atoms with E-state index in [4.69, 9.17) is 9.47 Å². The molecule has 4 atom stereocenters. The Labute approximate surface area is 133 Å². The van der Waals surface area contributed by atoms with Gasteiger partial charge in [-0.05, 0) is 44.9 Å². The van der Waals surface area contributed by atoms with Crippen LogP contribution in [0.2, 0.25) is 0 Å². The van der Waals surface area contributed by atoms with Gasteiger partial charge in [0.1, 0.15) is 5.60 Å². The highest BCUT2D eigenvalue weighted by Crippen LogP contribution is 2.56. The van der Waals surface area contributed by atoms with Gasteiger partial charge in [-0.1, -0.05) is 19.9 Å². The summed E-state index contributed by atoms with van der Waals surface area (Å²) < 4.78 is 11.6. The van der Waals surface area contributed by atoms with Crippen LogP contribution in [0.1, 0.15) is 53.4 Å². The molecule has 0 spiro atoms. The van der Waals surface area contributed by atoms with E-state index in [0.717, 1.165) is 12.8 Å². The molecule has 2 bridgehead atoms. The minimum atomic E-state index is -0.823. The van der Waals surface area contributed by atoms with Crippen LogP contribution in [0.3, 0.4) is 0 Å². The number of ether oxygens (including phenoxy) is 2. The van der Waals surface area contributed by atoms with Crippen LogP contribution in [-0.4, -0.2) is 29.6 Å². The third kappa shape index (κ3) is 2.51. The molecule has 2 fully saturated rings. The Bertz CT molecular complexity index is 470. The molecule has 2 aliphatic rings. The van der Waals surface area contributed by atoms with Gasteiger partial charge in [-0.3, -0.25) is 9.59 Å². The summed E-state index contributed by atoms with van der Waals surface area (Å²) in [6, 6.07) is 0. The number of carbonyl (C=O) groups is 2. The second-order valence-electron chi connectivity index (χ2n) is 7.03. The Balaban J connectivity index is 2.38. The van der Waals surface area contributed by atoms with Crippen molar-refractivity contribution >= 4 is 11.8 Å². The van der Waals surface area contributed by atoms with E-state index in [1.165, 1.54) is 0 Å². The zero-order chi connectivity index (χ0) is 16.5. The number of rotatable bonds is 6. The number of carbonyl (C=O) groups excluding carboxylic acids is 2. The van der Waals surface area contributed by atoms with Crippen LogP contribution in [0.25, 0.3) is 0 Å². The summed E-state index contributed by atoms with van der Waals surface area (Å²) in [5.74, 6) is -0.358. The zero-order valence-corrected chi connectivity index (χ0v) is 14.2. The number of ketones is 1. The average Bonchev–Trinajstić information content (AvgIpc) is 2.75. The molecule has 0 unspecified atom stereocenters. The lowest BCUT2D eigenvalue weighted by Crippen LogP contribution is -2.54. The molecule has 2 aliphatic heterocycles. The molecular weight excluding hydrogens is 280 g/mol. The van der Waals surface area contributed by atoms with Gasteiger partial charge in [0.05, 0.1) is 18.1 Å². The van der Waals surface area contributed by atoms with E-state index in [0.29, 0.717) is 19.4 Å². The molecule has 2 heterocycles. The molecule has 0 aromatic rings. The van der Waals surface area contributed by atoms with Gasteiger partial charge < -0.3 is 9.47 Å². The summed E-state index contributed by atoms with van der Waals surface area (Å²) in [5.41, 5.74) is -1.44. The minimum absolute atomic E-state index is 0.0433. The van der Waals surface area contributed by atoms with Gasteiger partial charge in [0, 0.05) is 6.42 Å². The Kier molecular flexibility index (Phi) is 4.81. The van der Waals surface area contributed by atoms with Crippen molar-refractivity contribution in [1.82, 2.24) is 0 Å². The van der Waals surface area contributed by atoms with Crippen LogP contribution in [-0.2, 0) is 19.1 Å². The molecule has 0 aromatic heterocycles. The van der Waals surface area contributed by atoms with E-state index >= 15 is 0 Å². The molecule has 2 saturated heterocycles. The van der Waals surface area contributed by atoms with E-state index in [-0.39, 0.29) is 29.5 Å². The van der Waals surface area contributed by atoms with Crippen LogP contribution in [0.15, 0.2) is 12.7 Å². The number of allylic oxidation sites excluding steroid dienone is 1. The lowest BCUT2D eigenvalue weighted by molar-refractivity contribution is -0.195. The van der Waals surface area contributed by atoms with Gasteiger partial charge in [0.15, 0.2) is 5.78 Å². The fraction of sp³-hybridized carbons (Fsp3) is 0.778. The monoisotopic (exact) mass is 308 g/mol. The summed E-state index contributed by atoms with van der Waals surface area (Å²) in [6.07, 6.45) is 4.42. The minimum Gasteiger partial charge on any atom is -0.466 e. The predicted octanol–water partition coefficient (Wildman–Crippen LogP) is 3.29. The van der Waals surface area contributed by atoms with Gasteiger partial charge in [-0.25, -0.2) is 0 Å². The van der Waals surface area contributed by atoms with Crippen LogP contribution < -0.4 is 0 Å². The standard InChI is InChI=1S/C18H28O4/c1-6-8-9-13-10-15(19)18(12(3)4)11-14(16(20)21-7-2)17(13,5)22-18/h6,12-14H,1,7-11H2,2-5H3/t13-,14+,17+,18-/m1/s1. The highest BCUT2D eigenvalue weighted by molar-refractivity contribution is 5.91. The molecule has 0 aromatic carbocycles. The topological polar surface area (TPSA) is 52.6 Å². The van der Waals surface area contributed by atoms with E-state index in [2.05, 4.69) is 6.58 Å². The highest BCUT2D eigenvalue weighted by atomic mass is 16.6. The van der Waals surface area contributed by atoms with Crippen molar-refractivity contribution in [3.63, 3.8) is 0 Å². The van der Waals surface area contributed by atoms with E-state index in [9.17, 15) is 9.59 Å². The quantitative estimate of drug-likeness (QED) is 0.558. The lowest BCUT2D eigenvalue weighted by Gasteiger charge is -2.45. The van der Waals surface area contributed by atoms with Crippen LogP contribution in [0.4, 0.5) is 0 Å². The normalized spacial score (nSPS) is 37.4. The van der Waals surface area contributed by atoms with Crippen LogP contribution >= 0.6 is 0 Å². The molecule has 0 aliphatic carbocycles. The number of hydrogen-bond acceptors (Lipinski definition) is 4. The summed E-state index contributed by atoms with van der Waals surface area (Å²) in [6.45, 7) is 11.9. The number of esters is 1. The van der Waals surface area contributed by atoms with Crippen molar-refractivity contribution in [1.29, 1.82) is 0 Å². The van der Waals surface area contributed by atoms with E-state index < -0.39 is 11.2 Å². The molecule has 0 saturated carbocycles. The molecule has 0 amide bonds. The maximum absolute atomic E-state index is 12.8. The number of hydrogen-bond donors (Lipinski definition) is 0. The van der Waals surface area contributed by atoms with Crippen molar-refractivity contribution in [2.75, 3.05) is 6.61 Å². The van der Waals surface area contributed by atoms with Crippen molar-refractivity contribution < 1.29 is 19.1 Å². The SMILES string of the molecule is C=CCC[C@@H]1CC(=O)[C@]2(C(C)C)C[C@@H](C(=O)OCC)[C@@]1(C)O2. The molecular formula is C18H28O4. The maximum atomic E-state index is 12.8. The first kappa shape index (κ1) is 17.2. The van der Waals surface area contributed by atoms with E-state index in [1.54, 1.807) is 6.92 Å². The van der Waals surface area contributed by atoms with Crippen LogP contribution in [0.5, 0.6) is 0 Å². The predicted molar refractivity (Wildman–Crippen MR) is 84.3 cm³/mol. The van der Waals surface area contributed by atoms with Crippen LogP contribution in [0, 0.1) is 17.8 Å². The molecule has 2 rings (SSSR count). The zero-order valence-electron chi connectivity index (χ0n) is 14.2.